The number of aromatic nitrogens is 4. The number of halogens is 3. The first-order valence-corrected chi connectivity index (χ1v) is 13.8. The molecule has 3 aromatic rings. The molecule has 0 bridgehead atoms. The average Bonchev–Trinajstić information content (AvgIpc) is 3.34. The zero-order valence-corrected chi connectivity index (χ0v) is 21.6. The Kier molecular flexibility index (Phi) is 6.36. The molecule has 1 atom stereocenters. The summed E-state index contributed by atoms with van der Waals surface area (Å²) in [6.45, 7) is 0.359. The van der Waals surface area contributed by atoms with Gasteiger partial charge >= 0.3 is 6.18 Å². The molecule has 2 aromatic heterocycles. The predicted molar refractivity (Wildman–Crippen MR) is 131 cm³/mol. The second-order valence-electron chi connectivity index (χ2n) is 9.73. The molecular formula is C24H23F3N6O5S. The summed E-state index contributed by atoms with van der Waals surface area (Å²) in [5.74, 6) is -1.97. The van der Waals surface area contributed by atoms with Crippen molar-refractivity contribution in [3.05, 3.63) is 58.4 Å². The molecule has 5 rings (SSSR count). The Morgan fingerprint density at radius 1 is 1.28 bits per heavy atom. The molecule has 1 spiro atoms. The number of rotatable bonds is 6. The van der Waals surface area contributed by atoms with Crippen LogP contribution in [0, 0.1) is 6.92 Å². The molecule has 2 amide bonds. The number of aryl methyl sites for hydroxylation is 2. The average molecular weight is 565 g/mol. The van der Waals surface area contributed by atoms with E-state index in [-0.39, 0.29) is 29.4 Å². The predicted octanol–water partition coefficient (Wildman–Crippen LogP) is 2.02. The Morgan fingerprint density at radius 2 is 2.05 bits per heavy atom. The van der Waals surface area contributed by atoms with Gasteiger partial charge in [0.05, 0.1) is 17.4 Å². The van der Waals surface area contributed by atoms with Gasteiger partial charge < -0.3 is 15.4 Å². The molecule has 0 unspecified atom stereocenters. The molecule has 3 heterocycles. The van der Waals surface area contributed by atoms with E-state index in [0.717, 1.165) is 22.9 Å². The number of hydrogen-bond donors (Lipinski definition) is 2. The Bertz CT molecular complexity index is 1600. The number of carbonyl (C=O) groups is 2. The Morgan fingerprint density at radius 3 is 2.74 bits per heavy atom. The van der Waals surface area contributed by atoms with Gasteiger partial charge in [0, 0.05) is 12.7 Å². The molecule has 0 saturated heterocycles. The standard InChI is InChI=1S/C24H23F3N6O5S/c1-13-7-18(31-28-10-13)33-21(29-19(34)11-39(2,36)37)20-17(32-33)9-23(30-22(20)35)6-5-14-8-15(3-4-16(14)23)38-12-24(25,26)27/h3-4,7-8,10H,5-6,9,11-12H2,1-2H3,(H,29,34)(H,30,35)/t23-/m0/s1. The second-order valence-corrected chi connectivity index (χ2v) is 11.9. The third-order valence-electron chi connectivity index (χ3n) is 6.47. The van der Waals surface area contributed by atoms with Crippen LogP contribution >= 0.6 is 0 Å². The van der Waals surface area contributed by atoms with E-state index in [1.54, 1.807) is 19.1 Å². The molecule has 1 aliphatic heterocycles. The van der Waals surface area contributed by atoms with Crippen LogP contribution in [0.1, 0.15) is 39.2 Å². The smallest absolute Gasteiger partial charge is 0.422 e. The first-order valence-electron chi connectivity index (χ1n) is 11.8. The third kappa shape index (κ3) is 5.44. The number of anilines is 1. The van der Waals surface area contributed by atoms with Crippen molar-refractivity contribution in [3.63, 3.8) is 0 Å². The highest BCUT2D eigenvalue weighted by atomic mass is 32.2. The number of alkyl halides is 3. The minimum atomic E-state index is -4.47. The van der Waals surface area contributed by atoms with Crippen molar-refractivity contribution < 1.29 is 35.9 Å². The number of sulfone groups is 1. The lowest BCUT2D eigenvalue weighted by Gasteiger charge is -2.35. The number of fused-ring (bicyclic) bond motifs is 3. The monoisotopic (exact) mass is 564 g/mol. The van der Waals surface area contributed by atoms with E-state index in [4.69, 9.17) is 4.74 Å². The molecule has 15 heteroatoms. The summed E-state index contributed by atoms with van der Waals surface area (Å²) >= 11 is 0. The fourth-order valence-corrected chi connectivity index (χ4v) is 5.52. The maximum Gasteiger partial charge on any atom is 0.422 e. The summed E-state index contributed by atoms with van der Waals surface area (Å²) in [5, 5.41) is 18.0. The normalized spacial score (nSPS) is 18.4. The number of ether oxygens (including phenoxy) is 1. The number of nitrogens with one attached hydrogen (secondary N) is 2. The molecule has 39 heavy (non-hydrogen) atoms. The highest BCUT2D eigenvalue weighted by Crippen LogP contribution is 2.44. The van der Waals surface area contributed by atoms with Crippen LogP contribution in [0.15, 0.2) is 30.5 Å². The Hall–Kier alpha value is -4.01. The number of benzene rings is 1. The number of carbonyl (C=O) groups excluding carboxylic acids is 2. The maximum atomic E-state index is 13.5. The molecular weight excluding hydrogens is 541 g/mol. The third-order valence-corrected chi connectivity index (χ3v) is 7.26. The van der Waals surface area contributed by atoms with Crippen molar-refractivity contribution in [3.8, 4) is 11.6 Å². The van der Waals surface area contributed by atoms with Gasteiger partial charge in [-0.25, -0.2) is 8.42 Å². The van der Waals surface area contributed by atoms with E-state index in [0.29, 0.717) is 18.5 Å². The lowest BCUT2D eigenvalue weighted by atomic mass is 9.82. The van der Waals surface area contributed by atoms with E-state index >= 15 is 0 Å². The Balaban J connectivity index is 1.53. The molecule has 0 fully saturated rings. The van der Waals surface area contributed by atoms with Crippen molar-refractivity contribution in [1.29, 1.82) is 0 Å². The van der Waals surface area contributed by atoms with Crippen molar-refractivity contribution in [2.75, 3.05) is 23.9 Å². The molecule has 1 aromatic carbocycles. The Labute approximate surface area is 220 Å². The van der Waals surface area contributed by atoms with Crippen molar-refractivity contribution in [2.24, 2.45) is 0 Å². The number of hydrogen-bond acceptors (Lipinski definition) is 8. The SMILES string of the molecule is Cc1cnnc(-n2nc3c(c2NC(=O)CS(C)(=O)=O)C(=O)N[C@@]2(CCc4cc(OCC(F)(F)F)ccc42)C3)c1. The van der Waals surface area contributed by atoms with Gasteiger partial charge in [-0.15, -0.1) is 5.10 Å². The fraction of sp³-hybridized carbons (Fsp3) is 0.375. The van der Waals surface area contributed by atoms with Crippen LogP contribution in [-0.2, 0) is 33.0 Å². The highest BCUT2D eigenvalue weighted by molar-refractivity contribution is 7.91. The maximum absolute atomic E-state index is 13.5. The first kappa shape index (κ1) is 26.6. The molecule has 11 nitrogen and oxygen atoms in total. The van der Waals surface area contributed by atoms with E-state index in [1.807, 2.05) is 0 Å². The zero-order valence-electron chi connectivity index (χ0n) is 20.8. The van der Waals surface area contributed by atoms with E-state index in [9.17, 15) is 31.2 Å². The first-order chi connectivity index (χ1) is 18.2. The minimum absolute atomic E-state index is 0.0416. The molecule has 206 valence electrons. The molecule has 1 aliphatic carbocycles. The van der Waals surface area contributed by atoms with Crippen LogP contribution in [0.5, 0.6) is 5.75 Å². The van der Waals surface area contributed by atoms with Gasteiger partial charge in [-0.1, -0.05) is 6.07 Å². The fourth-order valence-electron chi connectivity index (χ4n) is 4.97. The van der Waals surface area contributed by atoms with Crippen molar-refractivity contribution in [1.82, 2.24) is 25.3 Å². The van der Waals surface area contributed by atoms with Gasteiger partial charge in [0.2, 0.25) is 5.91 Å². The topological polar surface area (TPSA) is 145 Å². The highest BCUT2D eigenvalue weighted by Gasteiger charge is 2.47. The summed E-state index contributed by atoms with van der Waals surface area (Å²) in [6, 6.07) is 6.24. The van der Waals surface area contributed by atoms with Gasteiger partial charge in [0.15, 0.2) is 28.1 Å². The van der Waals surface area contributed by atoms with Gasteiger partial charge in [0.25, 0.3) is 5.91 Å². The molecule has 2 N–H and O–H groups in total. The van der Waals surface area contributed by atoms with Crippen LogP contribution in [0.3, 0.4) is 0 Å². The second kappa shape index (κ2) is 9.32. The molecule has 0 saturated carbocycles. The van der Waals surface area contributed by atoms with Crippen LogP contribution in [-0.4, -0.2) is 65.0 Å². The molecule has 0 radical (unpaired) electrons. The van der Waals surface area contributed by atoms with Crippen LogP contribution in [0.2, 0.25) is 0 Å². The minimum Gasteiger partial charge on any atom is -0.484 e. The lowest BCUT2D eigenvalue weighted by Crippen LogP contribution is -2.49. The van der Waals surface area contributed by atoms with Crippen molar-refractivity contribution >= 4 is 27.5 Å². The largest absolute Gasteiger partial charge is 0.484 e. The van der Waals surface area contributed by atoms with Crippen LogP contribution in [0.4, 0.5) is 19.0 Å². The van der Waals surface area contributed by atoms with Crippen LogP contribution in [0.25, 0.3) is 5.82 Å². The van der Waals surface area contributed by atoms with Gasteiger partial charge in [-0.05, 0) is 54.7 Å². The van der Waals surface area contributed by atoms with E-state index in [1.165, 1.54) is 23.0 Å². The van der Waals surface area contributed by atoms with Crippen LogP contribution < -0.4 is 15.4 Å². The van der Waals surface area contributed by atoms with Gasteiger partial charge in [0.1, 0.15) is 17.1 Å². The van der Waals surface area contributed by atoms with E-state index in [2.05, 4.69) is 25.9 Å². The summed E-state index contributed by atoms with van der Waals surface area (Å²) < 4.78 is 67.2. The van der Waals surface area contributed by atoms with E-state index < -0.39 is 45.7 Å². The summed E-state index contributed by atoms with van der Waals surface area (Å²) in [5.41, 5.74) is 1.72. The number of amides is 2. The molecule has 2 aliphatic rings. The van der Waals surface area contributed by atoms with Crippen molar-refractivity contribution in [2.45, 2.75) is 37.9 Å². The quantitative estimate of drug-likeness (QED) is 0.463. The summed E-state index contributed by atoms with van der Waals surface area (Å²) in [6.07, 6.45) is -0.884. The lowest BCUT2D eigenvalue weighted by molar-refractivity contribution is -0.153. The summed E-state index contributed by atoms with van der Waals surface area (Å²) in [7, 11) is -3.66. The van der Waals surface area contributed by atoms with Gasteiger partial charge in [-0.2, -0.15) is 28.1 Å². The van der Waals surface area contributed by atoms with Gasteiger partial charge in [-0.3, -0.25) is 9.59 Å². The zero-order chi connectivity index (χ0) is 28.2. The summed E-state index contributed by atoms with van der Waals surface area (Å²) in [4.78, 5) is 26.1. The number of nitrogens with zero attached hydrogens (tertiary/aromatic N) is 4.